The number of piperazine rings is 2. The number of imide groups is 1. The Kier molecular flexibility index (Phi) is 7.86. The maximum Gasteiger partial charge on any atom is 0.255 e. The molecule has 10 heteroatoms. The van der Waals surface area contributed by atoms with Crippen LogP contribution in [0.3, 0.4) is 0 Å². The Morgan fingerprint density at radius 2 is 1.46 bits per heavy atom. The van der Waals surface area contributed by atoms with Crippen LogP contribution in [0.2, 0.25) is 0 Å². The number of anilines is 1. The molecule has 212 valence electrons. The van der Waals surface area contributed by atoms with Gasteiger partial charge in [-0.3, -0.25) is 24.6 Å². The molecule has 1 unspecified atom stereocenters. The molecule has 0 spiro atoms. The van der Waals surface area contributed by atoms with Crippen molar-refractivity contribution in [3.8, 4) is 0 Å². The minimum absolute atomic E-state index is 0.0669. The first-order chi connectivity index (χ1) is 19.0. The smallest absolute Gasteiger partial charge is 0.255 e. The summed E-state index contributed by atoms with van der Waals surface area (Å²) < 4.78 is 15.7. The minimum atomic E-state index is -0.730. The molecule has 4 fully saturated rings. The molecular weight excluding hydrogens is 499 g/mol. The Bertz CT molecular complexity index is 1090. The van der Waals surface area contributed by atoms with Crippen LogP contribution in [0.4, 0.5) is 10.1 Å². The van der Waals surface area contributed by atoms with E-state index in [1.807, 2.05) is 0 Å². The summed E-state index contributed by atoms with van der Waals surface area (Å²) in [6.45, 7) is 10.4. The molecule has 1 saturated carbocycles. The molecule has 6 rings (SSSR count). The summed E-state index contributed by atoms with van der Waals surface area (Å²) in [5.74, 6) is 0.113. The molecule has 4 aliphatic heterocycles. The van der Waals surface area contributed by atoms with Crippen LogP contribution in [0.15, 0.2) is 12.1 Å². The highest BCUT2D eigenvalue weighted by Gasteiger charge is 2.41. The zero-order valence-electron chi connectivity index (χ0n) is 22.8. The van der Waals surface area contributed by atoms with E-state index in [0.29, 0.717) is 16.8 Å². The van der Waals surface area contributed by atoms with Gasteiger partial charge in [0, 0.05) is 83.0 Å². The van der Waals surface area contributed by atoms with Crippen LogP contribution >= 0.6 is 0 Å². The first-order valence-electron chi connectivity index (χ1n) is 14.8. The Morgan fingerprint density at radius 1 is 0.821 bits per heavy atom. The number of benzene rings is 1. The largest absolute Gasteiger partial charge is 0.367 e. The van der Waals surface area contributed by atoms with Crippen molar-refractivity contribution in [1.82, 2.24) is 25.3 Å². The highest BCUT2D eigenvalue weighted by atomic mass is 19.1. The maximum absolute atomic E-state index is 15.7. The zero-order valence-corrected chi connectivity index (χ0v) is 22.8. The van der Waals surface area contributed by atoms with E-state index in [0.717, 1.165) is 57.6 Å². The third-order valence-corrected chi connectivity index (χ3v) is 9.55. The van der Waals surface area contributed by atoms with Crippen molar-refractivity contribution in [2.75, 3.05) is 70.3 Å². The number of hydrogen-bond acceptors (Lipinski definition) is 7. The zero-order chi connectivity index (χ0) is 26.9. The quantitative estimate of drug-likeness (QED) is 0.528. The second kappa shape index (κ2) is 11.5. The Hall–Kier alpha value is -2.56. The molecule has 3 amide bonds. The molecule has 1 aliphatic carbocycles. The normalized spacial score (nSPS) is 29.1. The van der Waals surface area contributed by atoms with Crippen LogP contribution in [0.25, 0.3) is 0 Å². The van der Waals surface area contributed by atoms with Gasteiger partial charge in [-0.1, -0.05) is 0 Å². The molecule has 5 aliphatic rings. The van der Waals surface area contributed by atoms with Gasteiger partial charge in [0.05, 0.1) is 12.2 Å². The van der Waals surface area contributed by atoms with Crippen LogP contribution in [0, 0.1) is 17.7 Å². The number of amides is 3. The van der Waals surface area contributed by atoms with Gasteiger partial charge in [0.1, 0.15) is 6.04 Å². The summed E-state index contributed by atoms with van der Waals surface area (Å²) in [5.41, 5.74) is 1.23. The van der Waals surface area contributed by atoms with Crippen molar-refractivity contribution in [2.24, 2.45) is 11.8 Å². The predicted octanol–water partition coefficient (Wildman–Crippen LogP) is 1.42. The number of halogens is 1. The van der Waals surface area contributed by atoms with Gasteiger partial charge in [-0.2, -0.15) is 0 Å². The summed E-state index contributed by atoms with van der Waals surface area (Å²) in [7, 11) is 0. The number of carbonyl (C=O) groups excluding carboxylic acids is 3. The fourth-order valence-corrected chi connectivity index (χ4v) is 7.23. The van der Waals surface area contributed by atoms with Gasteiger partial charge in [-0.15, -0.1) is 0 Å². The average Bonchev–Trinajstić information content (AvgIpc) is 3.28. The second-order valence-corrected chi connectivity index (χ2v) is 12.0. The highest BCUT2D eigenvalue weighted by Crippen LogP contribution is 2.35. The van der Waals surface area contributed by atoms with Gasteiger partial charge < -0.3 is 20.0 Å². The lowest BCUT2D eigenvalue weighted by Crippen LogP contribution is -2.52. The summed E-state index contributed by atoms with van der Waals surface area (Å²) in [4.78, 5) is 45.5. The third kappa shape index (κ3) is 5.69. The lowest BCUT2D eigenvalue weighted by molar-refractivity contribution is -0.136. The molecular formula is C29H41FN6O3. The first-order valence-corrected chi connectivity index (χ1v) is 14.8. The summed E-state index contributed by atoms with van der Waals surface area (Å²) in [6.07, 6.45) is 5.76. The van der Waals surface area contributed by atoms with Gasteiger partial charge in [0.25, 0.3) is 5.91 Å². The molecule has 3 saturated heterocycles. The Morgan fingerprint density at radius 3 is 2.10 bits per heavy atom. The van der Waals surface area contributed by atoms with E-state index >= 15 is 4.39 Å². The Balaban J connectivity index is 0.997. The van der Waals surface area contributed by atoms with E-state index in [9.17, 15) is 14.4 Å². The molecule has 0 bridgehead atoms. The van der Waals surface area contributed by atoms with Crippen molar-refractivity contribution in [3.05, 3.63) is 29.1 Å². The van der Waals surface area contributed by atoms with Crippen molar-refractivity contribution in [3.63, 3.8) is 0 Å². The van der Waals surface area contributed by atoms with Crippen LogP contribution in [-0.4, -0.2) is 104 Å². The summed E-state index contributed by atoms with van der Waals surface area (Å²) in [6, 6.07) is 2.69. The fraction of sp³-hybridized carbons (Fsp3) is 0.690. The monoisotopic (exact) mass is 540 g/mol. The van der Waals surface area contributed by atoms with E-state index in [1.165, 1.54) is 50.2 Å². The molecule has 2 N–H and O–H groups in total. The van der Waals surface area contributed by atoms with Gasteiger partial charge in [0.2, 0.25) is 11.8 Å². The molecule has 39 heavy (non-hydrogen) atoms. The molecule has 4 heterocycles. The number of nitrogens with zero attached hydrogens (tertiary/aromatic N) is 4. The average molecular weight is 541 g/mol. The molecule has 9 nitrogen and oxygen atoms in total. The van der Waals surface area contributed by atoms with Crippen molar-refractivity contribution in [2.45, 2.75) is 51.1 Å². The van der Waals surface area contributed by atoms with Gasteiger partial charge in [0.15, 0.2) is 5.82 Å². The van der Waals surface area contributed by atoms with Gasteiger partial charge >= 0.3 is 0 Å². The van der Waals surface area contributed by atoms with Crippen LogP contribution in [-0.2, 0) is 16.1 Å². The number of nitrogens with one attached hydrogen (secondary N) is 2. The molecule has 1 aromatic carbocycles. The minimum Gasteiger partial charge on any atom is -0.367 e. The second-order valence-electron chi connectivity index (χ2n) is 12.0. The lowest BCUT2D eigenvalue weighted by Gasteiger charge is -2.40. The Labute approximate surface area is 230 Å². The lowest BCUT2D eigenvalue weighted by atomic mass is 9.81. The van der Waals surface area contributed by atoms with E-state index in [-0.39, 0.29) is 37.0 Å². The number of fused-ring (bicyclic) bond motifs is 1. The van der Waals surface area contributed by atoms with Crippen molar-refractivity contribution >= 4 is 23.4 Å². The predicted molar refractivity (Wildman–Crippen MR) is 146 cm³/mol. The molecule has 1 aromatic rings. The maximum atomic E-state index is 15.7. The molecule has 0 radical (unpaired) electrons. The molecule has 1 atom stereocenters. The number of piperidine rings is 1. The topological polar surface area (TPSA) is 88.2 Å². The summed E-state index contributed by atoms with van der Waals surface area (Å²) in [5, 5.41) is 5.74. The molecule has 0 aromatic heterocycles. The van der Waals surface area contributed by atoms with Crippen LogP contribution < -0.4 is 15.5 Å². The third-order valence-electron chi connectivity index (χ3n) is 9.55. The van der Waals surface area contributed by atoms with Crippen molar-refractivity contribution < 1.29 is 18.8 Å². The SMILES string of the molecule is O=C1CCC(N2Cc3c(ccc(N4CCN(C[C@H]5CC[C@H](CN6CCNCC6)CC5)CC4)c3F)C2=O)C(=O)N1. The van der Waals surface area contributed by atoms with Gasteiger partial charge in [-0.05, 0) is 56.1 Å². The van der Waals surface area contributed by atoms with E-state index < -0.39 is 11.9 Å². The van der Waals surface area contributed by atoms with E-state index in [2.05, 4.69) is 25.3 Å². The number of carbonyl (C=O) groups is 3. The first kappa shape index (κ1) is 26.7. The van der Waals surface area contributed by atoms with Crippen LogP contribution in [0.5, 0.6) is 0 Å². The number of hydrogen-bond donors (Lipinski definition) is 2. The van der Waals surface area contributed by atoms with E-state index in [4.69, 9.17) is 0 Å². The summed E-state index contributed by atoms with van der Waals surface area (Å²) >= 11 is 0. The number of rotatable bonds is 6. The van der Waals surface area contributed by atoms with Crippen molar-refractivity contribution in [1.29, 1.82) is 0 Å². The fourth-order valence-electron chi connectivity index (χ4n) is 7.23. The van der Waals surface area contributed by atoms with Gasteiger partial charge in [-0.25, -0.2) is 4.39 Å². The van der Waals surface area contributed by atoms with E-state index in [1.54, 1.807) is 12.1 Å². The van der Waals surface area contributed by atoms with Crippen LogP contribution in [0.1, 0.15) is 54.4 Å². The standard InChI is InChI=1S/C29H41FN6O3/c30-27-23-19-36(25-7-8-26(37)32-28(25)38)29(39)22(23)5-6-24(27)35-15-13-34(14-16-35)18-21-3-1-20(2-4-21)17-33-11-9-31-10-12-33/h5-6,20-21,25,31H,1-4,7-19H2,(H,32,37,38)/t20-,21-,25?. The highest BCUT2D eigenvalue weighted by molar-refractivity contribution is 6.05.